The van der Waals surface area contributed by atoms with Crippen LogP contribution < -0.4 is 0 Å². The van der Waals surface area contributed by atoms with Gasteiger partial charge in [-0.1, -0.05) is 32.6 Å². The van der Waals surface area contributed by atoms with E-state index < -0.39 is 0 Å². The van der Waals surface area contributed by atoms with Gasteiger partial charge in [-0.15, -0.1) is 11.6 Å². The highest BCUT2D eigenvalue weighted by molar-refractivity contribution is 7.99. The van der Waals surface area contributed by atoms with Crippen molar-refractivity contribution in [2.75, 3.05) is 37.2 Å². The van der Waals surface area contributed by atoms with Crippen LogP contribution in [0.15, 0.2) is 0 Å². The minimum Gasteiger partial charge on any atom is -0.463 e. The summed E-state index contributed by atoms with van der Waals surface area (Å²) in [5.41, 5.74) is 0. The van der Waals surface area contributed by atoms with E-state index in [0.717, 1.165) is 5.75 Å². The zero-order chi connectivity index (χ0) is 13.5. The molecule has 0 amide bonds. The van der Waals surface area contributed by atoms with Gasteiger partial charge < -0.3 is 9.47 Å². The lowest BCUT2D eigenvalue weighted by atomic mass is 10.2. The highest BCUT2D eigenvalue weighted by Crippen LogP contribution is 2.08. The maximum atomic E-state index is 11.3. The highest BCUT2D eigenvalue weighted by atomic mass is 35.5. The highest BCUT2D eigenvalue weighted by Gasteiger charge is 2.02. The van der Waals surface area contributed by atoms with E-state index >= 15 is 0 Å². The number of carbonyl (C=O) groups is 1. The summed E-state index contributed by atoms with van der Waals surface area (Å²) in [4.78, 5) is 11.3. The largest absolute Gasteiger partial charge is 0.463 e. The first-order valence-corrected chi connectivity index (χ1v) is 8.37. The molecule has 0 N–H and O–H groups in total. The molecule has 0 saturated carbocycles. The molecule has 0 atom stereocenters. The van der Waals surface area contributed by atoms with E-state index in [0.29, 0.717) is 31.5 Å². The number of esters is 1. The van der Waals surface area contributed by atoms with E-state index in [-0.39, 0.29) is 5.97 Å². The van der Waals surface area contributed by atoms with Crippen LogP contribution in [0.25, 0.3) is 0 Å². The van der Waals surface area contributed by atoms with Crippen molar-refractivity contribution in [3.63, 3.8) is 0 Å². The second-order valence-electron chi connectivity index (χ2n) is 3.99. The maximum absolute atomic E-state index is 11.3. The van der Waals surface area contributed by atoms with Gasteiger partial charge >= 0.3 is 5.97 Å². The minimum atomic E-state index is -0.150. The lowest BCUT2D eigenvalue weighted by molar-refractivity contribution is -0.141. The molecule has 0 bridgehead atoms. The van der Waals surface area contributed by atoms with Gasteiger partial charge in [-0.25, -0.2) is 0 Å². The van der Waals surface area contributed by atoms with Crippen LogP contribution in [0.4, 0.5) is 0 Å². The third kappa shape index (κ3) is 14.1. The summed E-state index contributed by atoms with van der Waals surface area (Å²) in [6, 6.07) is 0. The van der Waals surface area contributed by atoms with Crippen molar-refractivity contribution in [1.82, 2.24) is 0 Å². The van der Waals surface area contributed by atoms with Gasteiger partial charge in [0.25, 0.3) is 0 Å². The molecule has 0 heterocycles. The number of rotatable bonds is 13. The Labute approximate surface area is 120 Å². The van der Waals surface area contributed by atoms with Crippen molar-refractivity contribution in [3.05, 3.63) is 0 Å². The van der Waals surface area contributed by atoms with Crippen LogP contribution in [0.2, 0.25) is 0 Å². The van der Waals surface area contributed by atoms with Gasteiger partial charge in [0.1, 0.15) is 6.61 Å². The molecule has 108 valence electrons. The number of alkyl halides is 1. The summed E-state index contributed by atoms with van der Waals surface area (Å²) >= 11 is 7.09. The van der Waals surface area contributed by atoms with Crippen molar-refractivity contribution >= 4 is 29.3 Å². The normalized spacial score (nSPS) is 10.6. The van der Waals surface area contributed by atoms with E-state index in [4.69, 9.17) is 21.1 Å². The van der Waals surface area contributed by atoms with E-state index in [1.54, 1.807) is 11.8 Å². The van der Waals surface area contributed by atoms with Gasteiger partial charge in [0, 0.05) is 5.88 Å². The lowest BCUT2D eigenvalue weighted by Crippen LogP contribution is -2.13. The van der Waals surface area contributed by atoms with E-state index in [1.165, 1.54) is 32.1 Å². The van der Waals surface area contributed by atoms with E-state index in [2.05, 4.69) is 6.92 Å². The van der Waals surface area contributed by atoms with Gasteiger partial charge in [-0.2, -0.15) is 11.8 Å². The van der Waals surface area contributed by atoms with E-state index in [9.17, 15) is 4.79 Å². The topological polar surface area (TPSA) is 35.5 Å². The summed E-state index contributed by atoms with van der Waals surface area (Å²) in [6.07, 6.45) is 6.35. The third-order valence-electron chi connectivity index (χ3n) is 2.32. The Morgan fingerprint density at radius 3 is 2.61 bits per heavy atom. The zero-order valence-corrected chi connectivity index (χ0v) is 12.9. The van der Waals surface area contributed by atoms with Crippen molar-refractivity contribution in [2.24, 2.45) is 0 Å². The second kappa shape index (κ2) is 15.1. The molecular formula is C13H25ClO3S. The summed E-state index contributed by atoms with van der Waals surface area (Å²) in [5, 5.41) is 0. The monoisotopic (exact) mass is 296 g/mol. The molecule has 0 aliphatic rings. The Morgan fingerprint density at radius 1 is 1.11 bits per heavy atom. The molecule has 0 aromatic rings. The number of unbranched alkanes of at least 4 members (excludes halogenated alkanes) is 4. The summed E-state index contributed by atoms with van der Waals surface area (Å²) in [7, 11) is 0. The van der Waals surface area contributed by atoms with Crippen molar-refractivity contribution < 1.29 is 14.3 Å². The van der Waals surface area contributed by atoms with Crippen LogP contribution in [-0.2, 0) is 14.3 Å². The van der Waals surface area contributed by atoms with Crippen LogP contribution in [0.3, 0.4) is 0 Å². The molecule has 0 spiro atoms. The molecule has 0 unspecified atom stereocenters. The molecule has 0 rings (SSSR count). The quantitative estimate of drug-likeness (QED) is 0.296. The molecule has 0 saturated heterocycles. The Kier molecular flexibility index (Phi) is 15.2. The molecule has 0 radical (unpaired) electrons. The van der Waals surface area contributed by atoms with E-state index in [1.807, 2.05) is 0 Å². The first kappa shape index (κ1) is 18.1. The predicted molar refractivity (Wildman–Crippen MR) is 78.6 cm³/mol. The van der Waals surface area contributed by atoms with Crippen LogP contribution in [0.5, 0.6) is 0 Å². The zero-order valence-electron chi connectivity index (χ0n) is 11.3. The molecule has 0 aromatic carbocycles. The van der Waals surface area contributed by atoms with Crippen molar-refractivity contribution in [3.8, 4) is 0 Å². The average molecular weight is 297 g/mol. The Balaban J connectivity index is 3.12. The van der Waals surface area contributed by atoms with Crippen molar-refractivity contribution in [2.45, 2.75) is 39.0 Å². The predicted octanol–water partition coefficient (Wildman–Crippen LogP) is 3.49. The van der Waals surface area contributed by atoms with Crippen molar-refractivity contribution in [1.29, 1.82) is 0 Å². The van der Waals surface area contributed by atoms with Gasteiger partial charge in [-0.05, 0) is 12.2 Å². The number of thioether (sulfide) groups is 1. The molecule has 0 aromatic heterocycles. The Morgan fingerprint density at radius 2 is 1.89 bits per heavy atom. The maximum Gasteiger partial charge on any atom is 0.315 e. The second-order valence-corrected chi connectivity index (χ2v) is 5.47. The molecular weight excluding hydrogens is 272 g/mol. The lowest BCUT2D eigenvalue weighted by Gasteiger charge is -2.05. The average Bonchev–Trinajstić information content (AvgIpc) is 2.37. The SMILES string of the molecule is CCCCCCCSCC(=O)OCCOCCCl. The number of carbonyl (C=O) groups excluding carboxylic acids is 1. The first-order chi connectivity index (χ1) is 8.81. The fraction of sp³-hybridized carbons (Fsp3) is 0.923. The third-order valence-corrected chi connectivity index (χ3v) is 3.50. The van der Waals surface area contributed by atoms with Gasteiger partial charge in [0.2, 0.25) is 0 Å². The van der Waals surface area contributed by atoms with Crippen LogP contribution in [0.1, 0.15) is 39.0 Å². The van der Waals surface area contributed by atoms with Gasteiger partial charge in [-0.3, -0.25) is 4.79 Å². The van der Waals surface area contributed by atoms with Gasteiger partial charge in [0.15, 0.2) is 0 Å². The summed E-state index contributed by atoms with van der Waals surface area (Å²) in [5.74, 6) is 1.81. The summed E-state index contributed by atoms with van der Waals surface area (Å²) in [6.45, 7) is 3.47. The standard InChI is InChI=1S/C13H25ClO3S/c1-2-3-4-5-6-11-18-12-13(15)17-10-9-16-8-7-14/h2-12H2,1H3. The number of hydrogen-bond donors (Lipinski definition) is 0. The minimum absolute atomic E-state index is 0.150. The molecule has 3 nitrogen and oxygen atoms in total. The first-order valence-electron chi connectivity index (χ1n) is 6.68. The van der Waals surface area contributed by atoms with Crippen LogP contribution in [0, 0.1) is 0 Å². The number of hydrogen-bond acceptors (Lipinski definition) is 4. The van der Waals surface area contributed by atoms with Gasteiger partial charge in [0.05, 0.1) is 19.0 Å². The molecule has 5 heteroatoms. The summed E-state index contributed by atoms with van der Waals surface area (Å²) < 4.78 is 10.1. The number of ether oxygens (including phenoxy) is 2. The molecule has 0 aliphatic heterocycles. The fourth-order valence-electron chi connectivity index (χ4n) is 1.38. The fourth-order valence-corrected chi connectivity index (χ4v) is 2.29. The Hall–Kier alpha value is 0.0700. The van der Waals surface area contributed by atoms with Crippen LogP contribution >= 0.6 is 23.4 Å². The molecule has 0 aliphatic carbocycles. The Bertz CT molecular complexity index is 191. The molecule has 0 fully saturated rings. The van der Waals surface area contributed by atoms with Crippen LogP contribution in [-0.4, -0.2) is 43.2 Å². The number of halogens is 1. The smallest absolute Gasteiger partial charge is 0.315 e. The molecule has 18 heavy (non-hydrogen) atoms.